The minimum absolute atomic E-state index is 0.629. The molecule has 0 aliphatic carbocycles. The van der Waals surface area contributed by atoms with Crippen LogP contribution in [0.4, 0.5) is 0 Å². The molecule has 0 aliphatic rings. The molecule has 0 atom stereocenters. The Balaban J connectivity index is 1.92. The Labute approximate surface area is 138 Å². The summed E-state index contributed by atoms with van der Waals surface area (Å²) < 4.78 is 0. The van der Waals surface area contributed by atoms with Gasteiger partial charge in [0.2, 0.25) is 0 Å². The number of rotatable bonds is 3. The van der Waals surface area contributed by atoms with E-state index in [0.717, 1.165) is 28.1 Å². The zero-order valence-corrected chi connectivity index (χ0v) is 12.6. The van der Waals surface area contributed by atoms with Crippen LogP contribution in [-0.4, -0.2) is 29.9 Å². The lowest BCUT2D eigenvalue weighted by Gasteiger charge is -2.09. The molecule has 4 rings (SSSR count). The Morgan fingerprint density at radius 1 is 0.625 bits per heavy atom. The van der Waals surface area contributed by atoms with E-state index in [0.29, 0.717) is 5.82 Å². The molecule has 0 fully saturated rings. The molecule has 0 N–H and O–H groups in total. The molecule has 0 bridgehead atoms. The topological polar surface area (TPSA) is 77.3 Å². The van der Waals surface area contributed by atoms with Crippen molar-refractivity contribution >= 4 is 0 Å². The quantitative estimate of drug-likeness (QED) is 0.578. The largest absolute Gasteiger partial charge is 0.265 e. The van der Waals surface area contributed by atoms with Crippen molar-refractivity contribution in [3.63, 3.8) is 0 Å². The summed E-state index contributed by atoms with van der Waals surface area (Å²) in [6.07, 6.45) is 13.7. The lowest BCUT2D eigenvalue weighted by Crippen LogP contribution is -1.97. The van der Waals surface area contributed by atoms with E-state index in [9.17, 15) is 0 Å². The lowest BCUT2D eigenvalue weighted by molar-refractivity contribution is 1.14. The second-order valence-electron chi connectivity index (χ2n) is 5.02. The summed E-state index contributed by atoms with van der Waals surface area (Å²) >= 11 is 0. The molecule has 114 valence electrons. The molecule has 6 heteroatoms. The van der Waals surface area contributed by atoms with Crippen molar-refractivity contribution in [2.75, 3.05) is 0 Å². The molecule has 4 aromatic rings. The first-order valence-electron chi connectivity index (χ1n) is 7.36. The Bertz CT molecular complexity index is 943. The fraction of sp³-hybridized carbons (Fsp3) is 0. The predicted molar refractivity (Wildman–Crippen MR) is 89.5 cm³/mol. The van der Waals surface area contributed by atoms with E-state index in [1.54, 1.807) is 49.6 Å². The molecule has 0 aromatic carbocycles. The molecule has 0 spiro atoms. The molecule has 0 aliphatic heterocycles. The van der Waals surface area contributed by atoms with Crippen LogP contribution in [0.2, 0.25) is 0 Å². The highest BCUT2D eigenvalue weighted by Gasteiger charge is 2.13. The Kier molecular flexibility index (Phi) is 3.69. The Morgan fingerprint density at radius 2 is 1.50 bits per heavy atom. The van der Waals surface area contributed by atoms with Crippen LogP contribution in [0.5, 0.6) is 0 Å². The summed E-state index contributed by atoms with van der Waals surface area (Å²) in [5.41, 5.74) is 4.11. The van der Waals surface area contributed by atoms with E-state index < -0.39 is 0 Å². The molecule has 4 aromatic heterocycles. The Hall–Kier alpha value is -3.54. The van der Waals surface area contributed by atoms with E-state index in [1.165, 1.54) is 0 Å². The molecule has 4 heterocycles. The van der Waals surface area contributed by atoms with Crippen molar-refractivity contribution in [3.8, 4) is 33.9 Å². The van der Waals surface area contributed by atoms with Gasteiger partial charge in [-0.25, -0.2) is 9.97 Å². The highest BCUT2D eigenvalue weighted by molar-refractivity contribution is 5.79. The zero-order chi connectivity index (χ0) is 16.2. The zero-order valence-electron chi connectivity index (χ0n) is 12.6. The highest BCUT2D eigenvalue weighted by atomic mass is 14.9. The Morgan fingerprint density at radius 3 is 2.25 bits per heavy atom. The van der Waals surface area contributed by atoms with Gasteiger partial charge >= 0.3 is 0 Å². The monoisotopic (exact) mass is 312 g/mol. The fourth-order valence-electron chi connectivity index (χ4n) is 2.37. The second kappa shape index (κ2) is 6.29. The van der Waals surface area contributed by atoms with Gasteiger partial charge < -0.3 is 0 Å². The van der Waals surface area contributed by atoms with Gasteiger partial charge in [0, 0.05) is 60.1 Å². The van der Waals surface area contributed by atoms with Crippen molar-refractivity contribution in [2.24, 2.45) is 0 Å². The predicted octanol–water partition coefficient (Wildman–Crippen LogP) is 3.06. The summed E-state index contributed by atoms with van der Waals surface area (Å²) in [7, 11) is 0. The van der Waals surface area contributed by atoms with Crippen LogP contribution < -0.4 is 0 Å². The van der Waals surface area contributed by atoms with Crippen molar-refractivity contribution in [2.45, 2.75) is 0 Å². The fourth-order valence-corrected chi connectivity index (χ4v) is 2.37. The maximum absolute atomic E-state index is 4.74. The molecular formula is C18H12N6. The van der Waals surface area contributed by atoms with Gasteiger partial charge in [-0.05, 0) is 24.3 Å². The van der Waals surface area contributed by atoms with Crippen LogP contribution in [0.3, 0.4) is 0 Å². The number of hydrogen-bond acceptors (Lipinski definition) is 6. The van der Waals surface area contributed by atoms with Crippen molar-refractivity contribution in [1.82, 2.24) is 29.9 Å². The third-order valence-corrected chi connectivity index (χ3v) is 3.50. The minimum atomic E-state index is 0.629. The van der Waals surface area contributed by atoms with Gasteiger partial charge in [-0.2, -0.15) is 0 Å². The first kappa shape index (κ1) is 14.1. The molecule has 0 saturated heterocycles. The first-order valence-corrected chi connectivity index (χ1v) is 7.36. The van der Waals surface area contributed by atoms with Crippen LogP contribution in [0, 0.1) is 0 Å². The molecule has 6 nitrogen and oxygen atoms in total. The highest BCUT2D eigenvalue weighted by Crippen LogP contribution is 2.29. The second-order valence-corrected chi connectivity index (χ2v) is 5.02. The average molecular weight is 312 g/mol. The van der Waals surface area contributed by atoms with Crippen LogP contribution in [0.15, 0.2) is 73.8 Å². The molecule has 0 saturated carbocycles. The van der Waals surface area contributed by atoms with Crippen LogP contribution in [0.1, 0.15) is 0 Å². The van der Waals surface area contributed by atoms with Crippen LogP contribution >= 0.6 is 0 Å². The molecular weight excluding hydrogens is 300 g/mol. The van der Waals surface area contributed by atoms with E-state index >= 15 is 0 Å². The molecule has 24 heavy (non-hydrogen) atoms. The smallest absolute Gasteiger partial charge is 0.159 e. The number of nitrogens with zero attached hydrogens (tertiary/aromatic N) is 6. The summed E-state index contributed by atoms with van der Waals surface area (Å²) in [6.45, 7) is 0. The van der Waals surface area contributed by atoms with E-state index in [1.807, 2.05) is 24.3 Å². The molecule has 0 unspecified atom stereocenters. The standard InChI is InChI=1S/C18H12N6/c1-2-14(10-20-5-1)17-15(16-12-21-8-9-22-16)11-23-18(24-17)13-3-6-19-7-4-13/h1-12H. The third kappa shape index (κ3) is 2.72. The number of hydrogen-bond donors (Lipinski definition) is 0. The number of pyridine rings is 2. The van der Waals surface area contributed by atoms with E-state index in [2.05, 4.69) is 24.9 Å². The van der Waals surface area contributed by atoms with Crippen LogP contribution in [0.25, 0.3) is 33.9 Å². The van der Waals surface area contributed by atoms with Gasteiger partial charge in [0.25, 0.3) is 0 Å². The summed E-state index contributed by atoms with van der Waals surface area (Å²) in [5, 5.41) is 0. The SMILES string of the molecule is c1cncc(-c2nc(-c3ccncc3)ncc2-c2cnccn2)c1. The van der Waals surface area contributed by atoms with Crippen molar-refractivity contribution in [3.05, 3.63) is 73.8 Å². The third-order valence-electron chi connectivity index (χ3n) is 3.50. The minimum Gasteiger partial charge on any atom is -0.265 e. The van der Waals surface area contributed by atoms with Gasteiger partial charge in [-0.15, -0.1) is 0 Å². The molecule has 0 radical (unpaired) electrons. The van der Waals surface area contributed by atoms with Crippen LogP contribution in [-0.2, 0) is 0 Å². The first-order chi connectivity index (χ1) is 11.9. The summed E-state index contributed by atoms with van der Waals surface area (Å²) in [6, 6.07) is 7.60. The average Bonchev–Trinajstić information content (AvgIpc) is 2.69. The van der Waals surface area contributed by atoms with Gasteiger partial charge in [0.15, 0.2) is 5.82 Å². The maximum atomic E-state index is 4.74. The van der Waals surface area contributed by atoms with E-state index in [-0.39, 0.29) is 0 Å². The molecule has 0 amide bonds. The lowest BCUT2D eigenvalue weighted by atomic mass is 10.1. The summed E-state index contributed by atoms with van der Waals surface area (Å²) in [4.78, 5) is 26.0. The van der Waals surface area contributed by atoms with Gasteiger partial charge in [0.1, 0.15) is 0 Å². The van der Waals surface area contributed by atoms with Gasteiger partial charge in [-0.1, -0.05) is 0 Å². The maximum Gasteiger partial charge on any atom is 0.159 e. The van der Waals surface area contributed by atoms with Crippen molar-refractivity contribution in [1.29, 1.82) is 0 Å². The van der Waals surface area contributed by atoms with E-state index in [4.69, 9.17) is 4.98 Å². The van der Waals surface area contributed by atoms with Gasteiger partial charge in [0.05, 0.1) is 17.6 Å². The summed E-state index contributed by atoms with van der Waals surface area (Å²) in [5.74, 6) is 0.629. The number of aromatic nitrogens is 6. The van der Waals surface area contributed by atoms with Gasteiger partial charge in [-0.3, -0.25) is 19.9 Å². The normalized spacial score (nSPS) is 10.5. The van der Waals surface area contributed by atoms with Crippen molar-refractivity contribution < 1.29 is 0 Å².